The molecule has 0 aliphatic carbocycles. The summed E-state index contributed by atoms with van der Waals surface area (Å²) in [5.41, 5.74) is 3.12. The van der Waals surface area contributed by atoms with Gasteiger partial charge in [-0.3, -0.25) is 0 Å². The van der Waals surface area contributed by atoms with Crippen molar-refractivity contribution in [3.8, 4) is 5.75 Å². The third kappa shape index (κ3) is 5.37. The van der Waals surface area contributed by atoms with Crippen LogP contribution in [-0.4, -0.2) is 39.7 Å². The fourth-order valence-electron chi connectivity index (χ4n) is 3.83. The molecular formula is C27H25ClN4O3. The minimum Gasteiger partial charge on any atom is -0.487 e. The van der Waals surface area contributed by atoms with Crippen molar-refractivity contribution in [2.24, 2.45) is 4.99 Å². The summed E-state index contributed by atoms with van der Waals surface area (Å²) in [4.78, 5) is 13.4. The Hall–Kier alpha value is -3.68. The smallest absolute Gasteiger partial charge is 0.188 e. The second kappa shape index (κ2) is 9.90. The number of rotatable bonds is 8. The molecule has 8 heteroatoms. The van der Waals surface area contributed by atoms with E-state index in [1.54, 1.807) is 0 Å². The predicted molar refractivity (Wildman–Crippen MR) is 138 cm³/mol. The van der Waals surface area contributed by atoms with Crippen LogP contribution in [-0.2, 0) is 17.8 Å². The zero-order valence-electron chi connectivity index (χ0n) is 19.2. The van der Waals surface area contributed by atoms with E-state index in [0.717, 1.165) is 27.7 Å². The van der Waals surface area contributed by atoms with Crippen LogP contribution in [0.15, 0.2) is 78.0 Å². The number of ether oxygens (including phenoxy) is 2. The molecule has 0 saturated carbocycles. The first-order chi connectivity index (χ1) is 17.0. The SMILES string of the molecule is CC1(CO)COC(Cc2ccc3ncnc(Nc4ccc(OCc5ccccc5)c(Cl)c4)c3c2)=N1. The number of hydrogen-bond donors (Lipinski definition) is 2. The maximum Gasteiger partial charge on any atom is 0.188 e. The lowest BCUT2D eigenvalue weighted by molar-refractivity contribution is 0.169. The van der Waals surface area contributed by atoms with Gasteiger partial charge in [0.15, 0.2) is 5.90 Å². The van der Waals surface area contributed by atoms with Crippen molar-refractivity contribution in [3.05, 3.63) is 89.2 Å². The average Bonchev–Trinajstić information content (AvgIpc) is 3.25. The quantitative estimate of drug-likeness (QED) is 0.348. The Morgan fingerprint density at radius 3 is 2.69 bits per heavy atom. The van der Waals surface area contributed by atoms with E-state index < -0.39 is 5.54 Å². The minimum atomic E-state index is -0.571. The molecule has 5 rings (SSSR count). The van der Waals surface area contributed by atoms with Gasteiger partial charge in [0, 0.05) is 17.5 Å². The molecule has 3 aromatic carbocycles. The summed E-state index contributed by atoms with van der Waals surface area (Å²) in [7, 11) is 0. The molecule has 0 amide bonds. The van der Waals surface area contributed by atoms with E-state index in [-0.39, 0.29) is 6.61 Å². The van der Waals surface area contributed by atoms with Crippen LogP contribution in [0.25, 0.3) is 10.9 Å². The molecule has 0 saturated heterocycles. The fraction of sp³-hybridized carbons (Fsp3) is 0.222. The van der Waals surface area contributed by atoms with Crippen molar-refractivity contribution < 1.29 is 14.6 Å². The lowest BCUT2D eigenvalue weighted by Crippen LogP contribution is -2.28. The number of aliphatic hydroxyl groups excluding tert-OH is 1. The van der Waals surface area contributed by atoms with Gasteiger partial charge in [-0.1, -0.05) is 48.0 Å². The second-order valence-corrected chi connectivity index (χ2v) is 9.15. The van der Waals surface area contributed by atoms with Crippen molar-refractivity contribution in [1.29, 1.82) is 0 Å². The number of halogens is 1. The Bertz CT molecular complexity index is 1380. The average molecular weight is 489 g/mol. The van der Waals surface area contributed by atoms with Crippen LogP contribution in [0.5, 0.6) is 5.75 Å². The Labute approximate surface area is 208 Å². The van der Waals surface area contributed by atoms with E-state index in [1.165, 1.54) is 6.33 Å². The molecule has 35 heavy (non-hydrogen) atoms. The molecule has 0 radical (unpaired) electrons. The monoisotopic (exact) mass is 488 g/mol. The molecule has 1 aromatic heterocycles. The zero-order valence-corrected chi connectivity index (χ0v) is 20.0. The molecule has 0 bridgehead atoms. The summed E-state index contributed by atoms with van der Waals surface area (Å²) in [6.45, 7) is 2.65. The maximum atomic E-state index is 9.52. The van der Waals surface area contributed by atoms with Crippen molar-refractivity contribution in [1.82, 2.24) is 9.97 Å². The standard InChI is InChI=1S/C27H25ClN4O3/c1-27(15-33)16-35-25(32-27)12-19-7-9-23-21(11-19)26(30-17-29-23)31-20-8-10-24(22(28)13-20)34-14-18-5-3-2-4-6-18/h2-11,13,17,33H,12,14-16H2,1H3,(H,29,30,31). The summed E-state index contributed by atoms with van der Waals surface area (Å²) >= 11 is 6.49. The molecule has 0 spiro atoms. The number of nitrogens with one attached hydrogen (secondary N) is 1. The minimum absolute atomic E-state index is 0.0469. The molecule has 2 N–H and O–H groups in total. The second-order valence-electron chi connectivity index (χ2n) is 8.74. The summed E-state index contributed by atoms with van der Waals surface area (Å²) in [5.74, 6) is 1.90. The Morgan fingerprint density at radius 2 is 1.91 bits per heavy atom. The number of aliphatic imine (C=N–C) groups is 1. The Balaban J connectivity index is 1.33. The van der Waals surface area contributed by atoms with E-state index in [2.05, 4.69) is 20.3 Å². The van der Waals surface area contributed by atoms with Gasteiger partial charge in [0.1, 0.15) is 36.6 Å². The van der Waals surface area contributed by atoms with E-state index >= 15 is 0 Å². The lowest BCUT2D eigenvalue weighted by Gasteiger charge is -2.12. The topological polar surface area (TPSA) is 88.9 Å². The van der Waals surface area contributed by atoms with Crippen LogP contribution in [0.4, 0.5) is 11.5 Å². The van der Waals surface area contributed by atoms with E-state index in [9.17, 15) is 5.11 Å². The molecule has 1 unspecified atom stereocenters. The van der Waals surface area contributed by atoms with Crippen LogP contribution < -0.4 is 10.1 Å². The fourth-order valence-corrected chi connectivity index (χ4v) is 4.07. The normalized spacial score (nSPS) is 17.2. The molecule has 0 fully saturated rings. The number of aliphatic hydroxyl groups is 1. The van der Waals surface area contributed by atoms with E-state index in [4.69, 9.17) is 21.1 Å². The third-order valence-corrected chi connectivity index (χ3v) is 6.07. The van der Waals surface area contributed by atoms with Crippen LogP contribution in [0.3, 0.4) is 0 Å². The van der Waals surface area contributed by atoms with Crippen molar-refractivity contribution in [2.75, 3.05) is 18.5 Å². The van der Waals surface area contributed by atoms with Gasteiger partial charge in [-0.05, 0) is 48.4 Å². The predicted octanol–water partition coefficient (Wildman–Crippen LogP) is 5.33. The third-order valence-electron chi connectivity index (χ3n) is 5.77. The summed E-state index contributed by atoms with van der Waals surface area (Å²) in [6.07, 6.45) is 2.05. The highest BCUT2D eigenvalue weighted by atomic mass is 35.5. The Kier molecular flexibility index (Phi) is 6.53. The summed E-state index contributed by atoms with van der Waals surface area (Å²) < 4.78 is 11.6. The van der Waals surface area contributed by atoms with Crippen LogP contribution in [0, 0.1) is 0 Å². The van der Waals surface area contributed by atoms with Gasteiger partial charge in [-0.2, -0.15) is 0 Å². The molecule has 1 aliphatic rings. The van der Waals surface area contributed by atoms with Crippen molar-refractivity contribution in [3.63, 3.8) is 0 Å². The molecule has 1 atom stereocenters. The first kappa shape index (κ1) is 23.1. The number of anilines is 2. The number of nitrogens with zero attached hydrogens (tertiary/aromatic N) is 3. The summed E-state index contributed by atoms with van der Waals surface area (Å²) in [6, 6.07) is 21.5. The van der Waals surface area contributed by atoms with E-state index in [1.807, 2.05) is 73.7 Å². The van der Waals surface area contributed by atoms with E-state index in [0.29, 0.717) is 42.1 Å². The summed E-state index contributed by atoms with van der Waals surface area (Å²) in [5, 5.41) is 14.2. The van der Waals surface area contributed by atoms with Crippen molar-refractivity contribution in [2.45, 2.75) is 25.5 Å². The Morgan fingerprint density at radius 1 is 1.06 bits per heavy atom. The van der Waals surface area contributed by atoms with Crippen LogP contribution in [0.1, 0.15) is 18.1 Å². The van der Waals surface area contributed by atoms with Gasteiger partial charge in [0.2, 0.25) is 0 Å². The zero-order chi connectivity index (χ0) is 24.3. The van der Waals surface area contributed by atoms with Gasteiger partial charge in [0.05, 0.1) is 17.1 Å². The maximum absolute atomic E-state index is 9.52. The molecule has 2 heterocycles. The van der Waals surface area contributed by atoms with Gasteiger partial charge < -0.3 is 19.9 Å². The van der Waals surface area contributed by atoms with Gasteiger partial charge in [-0.25, -0.2) is 15.0 Å². The molecule has 178 valence electrons. The molecular weight excluding hydrogens is 464 g/mol. The number of benzene rings is 3. The van der Waals surface area contributed by atoms with Crippen LogP contribution in [0.2, 0.25) is 5.02 Å². The van der Waals surface area contributed by atoms with Crippen LogP contribution >= 0.6 is 11.6 Å². The number of aromatic nitrogens is 2. The van der Waals surface area contributed by atoms with Gasteiger partial charge in [-0.15, -0.1) is 0 Å². The van der Waals surface area contributed by atoms with Gasteiger partial charge >= 0.3 is 0 Å². The largest absolute Gasteiger partial charge is 0.487 e. The molecule has 1 aliphatic heterocycles. The highest BCUT2D eigenvalue weighted by Crippen LogP contribution is 2.31. The first-order valence-corrected chi connectivity index (χ1v) is 11.7. The van der Waals surface area contributed by atoms with Crippen molar-refractivity contribution >= 4 is 39.9 Å². The number of hydrogen-bond acceptors (Lipinski definition) is 7. The number of fused-ring (bicyclic) bond motifs is 1. The highest BCUT2D eigenvalue weighted by Gasteiger charge is 2.30. The molecule has 4 aromatic rings. The molecule has 7 nitrogen and oxygen atoms in total. The highest BCUT2D eigenvalue weighted by molar-refractivity contribution is 6.32. The van der Waals surface area contributed by atoms with Gasteiger partial charge in [0.25, 0.3) is 0 Å². The lowest BCUT2D eigenvalue weighted by atomic mass is 10.1. The first-order valence-electron chi connectivity index (χ1n) is 11.3.